The maximum Gasteiger partial charge on any atom is 0.311 e. The van der Waals surface area contributed by atoms with Crippen molar-refractivity contribution in [2.45, 2.75) is 26.2 Å². The summed E-state index contributed by atoms with van der Waals surface area (Å²) in [4.78, 5) is 27.9. The molecule has 0 aliphatic carbocycles. The van der Waals surface area contributed by atoms with Gasteiger partial charge in [0.25, 0.3) is 5.56 Å². The van der Waals surface area contributed by atoms with Crippen LogP contribution in [0.4, 0.5) is 5.69 Å². The first kappa shape index (κ1) is 19.7. The lowest BCUT2D eigenvalue weighted by Crippen LogP contribution is -2.23. The molecule has 1 atom stereocenters. The van der Waals surface area contributed by atoms with E-state index in [0.717, 1.165) is 10.9 Å². The molecule has 28 heavy (non-hydrogen) atoms. The Bertz CT molecular complexity index is 1160. The van der Waals surface area contributed by atoms with Crippen LogP contribution in [-0.2, 0) is 0 Å². The maximum absolute atomic E-state index is 13.0. The van der Waals surface area contributed by atoms with Crippen LogP contribution in [0.5, 0.6) is 5.75 Å². The van der Waals surface area contributed by atoms with E-state index in [4.69, 9.17) is 0 Å². The van der Waals surface area contributed by atoms with Crippen molar-refractivity contribution in [3.63, 3.8) is 0 Å². The Morgan fingerprint density at radius 2 is 2.14 bits per heavy atom. The number of nitro groups is 1. The Morgan fingerprint density at radius 1 is 1.39 bits per heavy atom. The van der Waals surface area contributed by atoms with E-state index >= 15 is 0 Å². The second-order valence-electron chi connectivity index (χ2n) is 6.27. The molecule has 0 bridgehead atoms. The number of phenolic OH excluding ortho intramolecular Hbond substituents is 1. The largest absolute Gasteiger partial charge is 0.502 e. The van der Waals surface area contributed by atoms with Crippen molar-refractivity contribution in [1.82, 2.24) is 9.66 Å². The van der Waals surface area contributed by atoms with Crippen LogP contribution in [0.2, 0.25) is 0 Å². The molecule has 0 aliphatic rings. The summed E-state index contributed by atoms with van der Waals surface area (Å²) in [5, 5.41) is 25.7. The van der Waals surface area contributed by atoms with Crippen molar-refractivity contribution >= 4 is 38.7 Å². The molecule has 0 saturated heterocycles. The monoisotopic (exact) mass is 444 g/mol. The smallest absolute Gasteiger partial charge is 0.311 e. The third-order valence-electron chi connectivity index (χ3n) is 4.44. The Balaban J connectivity index is 2.21. The third kappa shape index (κ3) is 3.65. The molecule has 8 nitrogen and oxygen atoms in total. The van der Waals surface area contributed by atoms with Gasteiger partial charge in [-0.2, -0.15) is 9.78 Å². The molecule has 1 heterocycles. The van der Waals surface area contributed by atoms with Gasteiger partial charge in [0.05, 0.1) is 22.0 Å². The minimum absolute atomic E-state index is 0.0448. The molecule has 3 aromatic rings. The minimum atomic E-state index is -0.682. The van der Waals surface area contributed by atoms with Crippen LogP contribution in [0.25, 0.3) is 10.9 Å². The van der Waals surface area contributed by atoms with Gasteiger partial charge < -0.3 is 5.11 Å². The van der Waals surface area contributed by atoms with E-state index in [1.54, 1.807) is 12.1 Å². The summed E-state index contributed by atoms with van der Waals surface area (Å²) in [5.41, 5.74) is -0.0968. The molecule has 0 unspecified atom stereocenters. The number of nitrogens with zero attached hydrogens (tertiary/aromatic N) is 4. The van der Waals surface area contributed by atoms with Crippen molar-refractivity contribution in [3.05, 3.63) is 72.7 Å². The molecule has 0 fully saturated rings. The number of hydrogen-bond acceptors (Lipinski definition) is 6. The average Bonchev–Trinajstić information content (AvgIpc) is 2.67. The van der Waals surface area contributed by atoms with E-state index in [9.17, 15) is 20.0 Å². The molecule has 0 radical (unpaired) electrons. The van der Waals surface area contributed by atoms with Crippen molar-refractivity contribution in [2.24, 2.45) is 5.10 Å². The zero-order valence-corrected chi connectivity index (χ0v) is 16.8. The molecule has 0 spiro atoms. The van der Waals surface area contributed by atoms with Gasteiger partial charge in [0.15, 0.2) is 0 Å². The van der Waals surface area contributed by atoms with Crippen LogP contribution < -0.4 is 5.56 Å². The molecule has 0 saturated carbocycles. The van der Waals surface area contributed by atoms with E-state index in [2.05, 4.69) is 26.0 Å². The molecule has 144 valence electrons. The van der Waals surface area contributed by atoms with E-state index < -0.39 is 16.4 Å². The van der Waals surface area contributed by atoms with Crippen LogP contribution in [0.15, 0.2) is 50.8 Å². The highest BCUT2D eigenvalue weighted by Crippen LogP contribution is 2.28. The molecule has 0 amide bonds. The van der Waals surface area contributed by atoms with E-state index in [1.807, 2.05) is 19.9 Å². The number of aromatic hydroxyl groups is 1. The van der Waals surface area contributed by atoms with Crippen LogP contribution in [-0.4, -0.2) is 25.9 Å². The summed E-state index contributed by atoms with van der Waals surface area (Å²) in [7, 11) is 0. The van der Waals surface area contributed by atoms with Gasteiger partial charge in [-0.25, -0.2) is 4.98 Å². The number of benzene rings is 2. The third-order valence-corrected chi connectivity index (χ3v) is 4.93. The van der Waals surface area contributed by atoms with Gasteiger partial charge in [-0.05, 0) is 30.7 Å². The number of fused-ring (bicyclic) bond motifs is 1. The Labute approximate surface area is 168 Å². The number of hydrogen-bond donors (Lipinski definition) is 1. The summed E-state index contributed by atoms with van der Waals surface area (Å²) >= 11 is 3.35. The molecular formula is C19H17BrN4O4. The molecule has 3 rings (SSSR count). The predicted molar refractivity (Wildman–Crippen MR) is 110 cm³/mol. The first-order chi connectivity index (χ1) is 13.3. The normalized spacial score (nSPS) is 12.5. The summed E-state index contributed by atoms with van der Waals surface area (Å²) in [6.07, 6.45) is 1.97. The second-order valence-corrected chi connectivity index (χ2v) is 7.19. The van der Waals surface area contributed by atoms with Crippen molar-refractivity contribution in [1.29, 1.82) is 0 Å². The standard InChI is InChI=1S/C19H17BrN4O4/c1-3-11(2)18-22-15-8-7-13(20)9-14(15)19(26)23(18)21-10-12-5-4-6-16(17(12)25)24(27)28/h4-11,25H,3H2,1-2H3/t11-/m1/s1. The molecule has 0 aliphatic heterocycles. The lowest BCUT2D eigenvalue weighted by molar-refractivity contribution is -0.385. The van der Waals surface area contributed by atoms with Crippen molar-refractivity contribution < 1.29 is 10.0 Å². The van der Waals surface area contributed by atoms with Crippen LogP contribution in [0.3, 0.4) is 0 Å². The second kappa shape index (κ2) is 7.89. The lowest BCUT2D eigenvalue weighted by atomic mass is 10.1. The molecule has 1 N–H and O–H groups in total. The first-order valence-corrected chi connectivity index (χ1v) is 9.35. The summed E-state index contributed by atoms with van der Waals surface area (Å²) in [6.45, 7) is 3.91. The topological polar surface area (TPSA) is 111 Å². The van der Waals surface area contributed by atoms with Crippen molar-refractivity contribution in [2.75, 3.05) is 0 Å². The zero-order chi connectivity index (χ0) is 20.4. The summed E-state index contributed by atoms with van der Waals surface area (Å²) in [5.74, 6) is -0.0778. The average molecular weight is 445 g/mol. The number of nitro benzene ring substituents is 1. The van der Waals surface area contributed by atoms with Crippen molar-refractivity contribution in [3.8, 4) is 5.75 Å². The van der Waals surface area contributed by atoms with E-state index in [1.165, 1.54) is 29.1 Å². The van der Waals surface area contributed by atoms with Gasteiger partial charge in [-0.3, -0.25) is 14.9 Å². The van der Waals surface area contributed by atoms with Gasteiger partial charge in [-0.15, -0.1) is 0 Å². The minimum Gasteiger partial charge on any atom is -0.502 e. The fourth-order valence-corrected chi connectivity index (χ4v) is 3.06. The molecule has 2 aromatic carbocycles. The van der Waals surface area contributed by atoms with Crippen LogP contribution in [0, 0.1) is 10.1 Å². The predicted octanol–water partition coefficient (Wildman–Crippen LogP) is 4.17. The number of phenols is 1. The number of halogens is 1. The maximum atomic E-state index is 13.0. The quantitative estimate of drug-likeness (QED) is 0.360. The summed E-state index contributed by atoms with van der Waals surface area (Å²) < 4.78 is 1.92. The van der Waals surface area contributed by atoms with Gasteiger partial charge in [-0.1, -0.05) is 35.8 Å². The highest BCUT2D eigenvalue weighted by molar-refractivity contribution is 9.10. The number of aromatic nitrogens is 2. The molecule has 9 heteroatoms. The van der Waals surface area contributed by atoms with Gasteiger partial charge >= 0.3 is 5.69 Å². The fraction of sp³-hybridized carbons (Fsp3) is 0.211. The SMILES string of the molecule is CC[C@@H](C)c1nc2ccc(Br)cc2c(=O)n1N=Cc1cccc([N+](=O)[O-])c1O. The van der Waals surface area contributed by atoms with E-state index in [-0.39, 0.29) is 17.0 Å². The number of rotatable bonds is 5. The zero-order valence-electron chi connectivity index (χ0n) is 15.2. The Kier molecular flexibility index (Phi) is 5.55. The first-order valence-electron chi connectivity index (χ1n) is 8.56. The van der Waals surface area contributed by atoms with Gasteiger partial charge in [0.2, 0.25) is 5.75 Å². The van der Waals surface area contributed by atoms with E-state index in [0.29, 0.717) is 16.7 Å². The van der Waals surface area contributed by atoms with Crippen LogP contribution >= 0.6 is 15.9 Å². The Morgan fingerprint density at radius 3 is 2.82 bits per heavy atom. The fourth-order valence-electron chi connectivity index (χ4n) is 2.70. The highest BCUT2D eigenvalue weighted by atomic mass is 79.9. The van der Waals surface area contributed by atoms with Crippen LogP contribution in [0.1, 0.15) is 37.6 Å². The Hall–Kier alpha value is -3.07. The summed E-state index contributed by atoms with van der Waals surface area (Å²) in [6, 6.07) is 9.34. The number of para-hydroxylation sites is 1. The molecule has 1 aromatic heterocycles. The molecular weight excluding hydrogens is 428 g/mol. The lowest BCUT2D eigenvalue weighted by Gasteiger charge is -2.14. The van der Waals surface area contributed by atoms with Gasteiger partial charge in [0, 0.05) is 22.0 Å². The van der Waals surface area contributed by atoms with Gasteiger partial charge in [0.1, 0.15) is 5.82 Å². The highest BCUT2D eigenvalue weighted by Gasteiger charge is 2.17.